The maximum Gasteiger partial charge on any atom is 0.225 e. The Morgan fingerprint density at radius 1 is 0.875 bits per heavy atom. The lowest BCUT2D eigenvalue weighted by Gasteiger charge is -2.35. The summed E-state index contributed by atoms with van der Waals surface area (Å²) in [4.78, 5) is 17.9. The molecule has 3 aromatic rings. The van der Waals surface area contributed by atoms with Gasteiger partial charge in [0.2, 0.25) is 5.95 Å². The van der Waals surface area contributed by atoms with Crippen molar-refractivity contribution < 1.29 is 0 Å². The summed E-state index contributed by atoms with van der Waals surface area (Å²) in [5, 5.41) is 4.33. The van der Waals surface area contributed by atoms with E-state index in [0.29, 0.717) is 0 Å². The van der Waals surface area contributed by atoms with Crippen LogP contribution in [-0.2, 0) is 0 Å². The van der Waals surface area contributed by atoms with E-state index in [4.69, 9.17) is 4.98 Å². The quantitative estimate of drug-likeness (QED) is 0.731. The van der Waals surface area contributed by atoms with Crippen molar-refractivity contribution in [3.05, 3.63) is 54.6 Å². The van der Waals surface area contributed by atoms with Gasteiger partial charge in [-0.15, -0.1) is 0 Å². The lowest BCUT2D eigenvalue weighted by Crippen LogP contribution is -2.47. The number of aromatic nitrogens is 5. The lowest BCUT2D eigenvalue weighted by molar-refractivity contribution is 0.633. The van der Waals surface area contributed by atoms with Crippen LogP contribution in [0.3, 0.4) is 0 Å². The number of hydrogen-bond acceptors (Lipinski definition) is 6. The Labute approximate surface area is 140 Å². The molecule has 0 bridgehead atoms. The molecule has 0 aliphatic carbocycles. The molecule has 7 nitrogen and oxygen atoms in total. The largest absolute Gasteiger partial charge is 0.353 e. The SMILES string of the molecule is Cc1cnn(-c2cccc(N3CCN(c4ncccn4)CC3)n2)c1. The monoisotopic (exact) mass is 321 g/mol. The van der Waals surface area contributed by atoms with Gasteiger partial charge in [0.05, 0.1) is 6.20 Å². The lowest BCUT2D eigenvalue weighted by atomic mass is 10.3. The Morgan fingerprint density at radius 2 is 1.58 bits per heavy atom. The highest BCUT2D eigenvalue weighted by Crippen LogP contribution is 2.17. The van der Waals surface area contributed by atoms with Gasteiger partial charge in [-0.1, -0.05) is 6.07 Å². The standard InChI is InChI=1S/C17H19N7/c1-14-12-20-24(13-14)16-5-2-4-15(21-16)22-8-10-23(11-9-22)17-18-6-3-7-19-17/h2-7,12-13H,8-11H2,1H3. The normalized spacial score (nSPS) is 14.9. The van der Waals surface area contributed by atoms with Crippen LogP contribution in [0.15, 0.2) is 49.1 Å². The second-order valence-electron chi connectivity index (χ2n) is 5.84. The van der Waals surface area contributed by atoms with Crippen molar-refractivity contribution in [2.75, 3.05) is 36.0 Å². The number of nitrogens with zero attached hydrogens (tertiary/aromatic N) is 7. The number of piperazine rings is 1. The highest BCUT2D eigenvalue weighted by atomic mass is 15.3. The van der Waals surface area contributed by atoms with E-state index in [1.165, 1.54) is 0 Å². The van der Waals surface area contributed by atoms with E-state index >= 15 is 0 Å². The summed E-state index contributed by atoms with van der Waals surface area (Å²) in [7, 11) is 0. The number of pyridine rings is 1. The van der Waals surface area contributed by atoms with Crippen LogP contribution in [0.25, 0.3) is 5.82 Å². The zero-order chi connectivity index (χ0) is 16.4. The van der Waals surface area contributed by atoms with Gasteiger partial charge in [-0.3, -0.25) is 0 Å². The summed E-state index contributed by atoms with van der Waals surface area (Å²) >= 11 is 0. The topological polar surface area (TPSA) is 63.0 Å². The second kappa shape index (κ2) is 6.27. The molecule has 0 saturated carbocycles. The molecule has 0 atom stereocenters. The fourth-order valence-corrected chi connectivity index (χ4v) is 2.84. The van der Waals surface area contributed by atoms with Crippen molar-refractivity contribution in [1.29, 1.82) is 0 Å². The van der Waals surface area contributed by atoms with E-state index in [0.717, 1.165) is 49.3 Å². The summed E-state index contributed by atoms with van der Waals surface area (Å²) < 4.78 is 1.81. The Kier molecular flexibility index (Phi) is 3.82. The van der Waals surface area contributed by atoms with E-state index in [9.17, 15) is 0 Å². The third-order valence-electron chi connectivity index (χ3n) is 4.10. The van der Waals surface area contributed by atoms with Gasteiger partial charge in [0.1, 0.15) is 5.82 Å². The molecule has 4 heterocycles. The van der Waals surface area contributed by atoms with Gasteiger partial charge in [-0.25, -0.2) is 19.6 Å². The molecule has 1 aliphatic heterocycles. The van der Waals surface area contributed by atoms with Crippen molar-refractivity contribution in [2.45, 2.75) is 6.92 Å². The molecule has 3 aromatic heterocycles. The molecule has 1 aliphatic rings. The minimum absolute atomic E-state index is 0.797. The summed E-state index contributed by atoms with van der Waals surface area (Å²) in [6.45, 7) is 5.59. The van der Waals surface area contributed by atoms with E-state index < -0.39 is 0 Å². The molecule has 24 heavy (non-hydrogen) atoms. The highest BCUT2D eigenvalue weighted by Gasteiger charge is 2.20. The van der Waals surface area contributed by atoms with Crippen LogP contribution in [-0.4, -0.2) is 50.9 Å². The third-order valence-corrected chi connectivity index (χ3v) is 4.10. The van der Waals surface area contributed by atoms with Crippen LogP contribution in [0.5, 0.6) is 0 Å². The maximum atomic E-state index is 4.75. The van der Waals surface area contributed by atoms with Crippen molar-refractivity contribution in [2.24, 2.45) is 0 Å². The molecule has 0 amide bonds. The predicted octanol–water partition coefficient (Wildman–Crippen LogP) is 1.69. The van der Waals surface area contributed by atoms with Gasteiger partial charge >= 0.3 is 0 Å². The zero-order valence-electron chi connectivity index (χ0n) is 13.6. The molecule has 0 N–H and O–H groups in total. The van der Waals surface area contributed by atoms with Crippen LogP contribution in [0.1, 0.15) is 5.56 Å². The van der Waals surface area contributed by atoms with Crippen molar-refractivity contribution >= 4 is 11.8 Å². The van der Waals surface area contributed by atoms with Crippen molar-refractivity contribution in [1.82, 2.24) is 24.7 Å². The number of anilines is 2. The van der Waals surface area contributed by atoms with Gasteiger partial charge in [0.25, 0.3) is 0 Å². The predicted molar refractivity (Wildman–Crippen MR) is 92.6 cm³/mol. The Balaban J connectivity index is 1.48. The average Bonchev–Trinajstić information content (AvgIpc) is 3.09. The van der Waals surface area contributed by atoms with Gasteiger partial charge in [-0.05, 0) is 30.7 Å². The number of hydrogen-bond donors (Lipinski definition) is 0. The Hall–Kier alpha value is -2.96. The Bertz CT molecular complexity index is 807. The molecule has 7 heteroatoms. The average molecular weight is 321 g/mol. The smallest absolute Gasteiger partial charge is 0.225 e. The van der Waals surface area contributed by atoms with Crippen LogP contribution in [0.2, 0.25) is 0 Å². The van der Waals surface area contributed by atoms with Crippen LogP contribution < -0.4 is 9.80 Å². The molecular weight excluding hydrogens is 302 g/mol. The molecule has 1 fully saturated rings. The van der Waals surface area contributed by atoms with Crippen LogP contribution >= 0.6 is 0 Å². The van der Waals surface area contributed by atoms with Crippen LogP contribution in [0.4, 0.5) is 11.8 Å². The zero-order valence-corrected chi connectivity index (χ0v) is 13.6. The van der Waals surface area contributed by atoms with E-state index in [1.54, 1.807) is 12.4 Å². The van der Waals surface area contributed by atoms with E-state index in [2.05, 4.69) is 30.9 Å². The molecule has 4 rings (SSSR count). The van der Waals surface area contributed by atoms with E-state index in [-0.39, 0.29) is 0 Å². The first kappa shape index (κ1) is 14.6. The molecule has 0 unspecified atom stereocenters. The Morgan fingerprint density at radius 3 is 2.29 bits per heavy atom. The molecule has 0 radical (unpaired) electrons. The summed E-state index contributed by atoms with van der Waals surface area (Å²) in [5.74, 6) is 2.62. The minimum Gasteiger partial charge on any atom is -0.353 e. The minimum atomic E-state index is 0.797. The first-order chi connectivity index (χ1) is 11.8. The number of aryl methyl sites for hydroxylation is 1. The number of rotatable bonds is 3. The van der Waals surface area contributed by atoms with Crippen molar-refractivity contribution in [3.8, 4) is 5.82 Å². The van der Waals surface area contributed by atoms with Gasteiger partial charge < -0.3 is 9.80 Å². The van der Waals surface area contributed by atoms with Gasteiger partial charge in [0, 0.05) is 44.8 Å². The molecule has 0 aromatic carbocycles. The molecular formula is C17H19N7. The van der Waals surface area contributed by atoms with E-state index in [1.807, 2.05) is 42.2 Å². The summed E-state index contributed by atoms with van der Waals surface area (Å²) in [6, 6.07) is 7.89. The first-order valence-electron chi connectivity index (χ1n) is 8.05. The second-order valence-corrected chi connectivity index (χ2v) is 5.84. The molecule has 122 valence electrons. The first-order valence-corrected chi connectivity index (χ1v) is 8.05. The highest BCUT2D eigenvalue weighted by molar-refractivity contribution is 5.45. The summed E-state index contributed by atoms with van der Waals surface area (Å²) in [5.41, 5.74) is 1.12. The fourth-order valence-electron chi connectivity index (χ4n) is 2.84. The van der Waals surface area contributed by atoms with Crippen molar-refractivity contribution in [3.63, 3.8) is 0 Å². The summed E-state index contributed by atoms with van der Waals surface area (Å²) in [6.07, 6.45) is 7.39. The maximum absolute atomic E-state index is 4.75. The van der Waals surface area contributed by atoms with Crippen LogP contribution in [0, 0.1) is 6.92 Å². The molecule has 1 saturated heterocycles. The fraction of sp³-hybridized carbons (Fsp3) is 0.294. The van der Waals surface area contributed by atoms with Gasteiger partial charge in [0.15, 0.2) is 5.82 Å². The van der Waals surface area contributed by atoms with Gasteiger partial charge in [-0.2, -0.15) is 5.10 Å². The molecule has 0 spiro atoms. The third kappa shape index (κ3) is 2.92.